The van der Waals surface area contributed by atoms with Gasteiger partial charge < -0.3 is 4.90 Å². The van der Waals surface area contributed by atoms with Gasteiger partial charge in [-0.3, -0.25) is 14.2 Å². The molecule has 4 rings (SSSR count). The van der Waals surface area contributed by atoms with E-state index in [2.05, 4.69) is 4.98 Å². The van der Waals surface area contributed by atoms with E-state index in [9.17, 15) is 9.59 Å². The predicted octanol–water partition coefficient (Wildman–Crippen LogP) is 1.90. The number of carbonyl (C=O) groups excluding carboxylic acids is 1. The Morgan fingerprint density at radius 1 is 0.955 bits per heavy atom. The van der Waals surface area contributed by atoms with E-state index in [0.29, 0.717) is 28.1 Å². The van der Waals surface area contributed by atoms with Crippen LogP contribution >= 0.6 is 0 Å². The molecule has 0 unspecified atom stereocenters. The van der Waals surface area contributed by atoms with E-state index < -0.39 is 0 Å². The monoisotopic (exact) mass is 291 g/mol. The summed E-state index contributed by atoms with van der Waals surface area (Å²) in [5.74, 6) is 0.395. The first-order valence-corrected chi connectivity index (χ1v) is 7.03. The maximum Gasteiger partial charge on any atom is 0.266 e. The number of rotatable bonds is 0. The molecule has 5 heteroatoms. The van der Waals surface area contributed by atoms with E-state index in [-0.39, 0.29) is 17.9 Å². The van der Waals surface area contributed by atoms with Crippen LogP contribution in [0.1, 0.15) is 5.82 Å². The highest BCUT2D eigenvalue weighted by molar-refractivity contribution is 5.97. The second-order valence-corrected chi connectivity index (χ2v) is 5.30. The van der Waals surface area contributed by atoms with Crippen LogP contribution in [0.2, 0.25) is 0 Å². The van der Waals surface area contributed by atoms with Gasteiger partial charge in [0.25, 0.3) is 5.56 Å². The molecule has 0 N–H and O–H groups in total. The summed E-state index contributed by atoms with van der Waals surface area (Å²) < 4.78 is 1.55. The quantitative estimate of drug-likeness (QED) is 0.635. The van der Waals surface area contributed by atoms with Gasteiger partial charge in [-0.05, 0) is 24.3 Å². The van der Waals surface area contributed by atoms with Gasteiger partial charge in [-0.25, -0.2) is 4.98 Å². The first kappa shape index (κ1) is 12.8. The largest absolute Gasteiger partial charge is 0.313 e. The molecule has 0 bridgehead atoms. The molecule has 0 saturated heterocycles. The first-order valence-electron chi connectivity index (χ1n) is 7.03. The normalized spacial score (nSPS) is 13.7. The zero-order valence-corrected chi connectivity index (χ0v) is 12.0. The third-order valence-electron chi connectivity index (χ3n) is 4.01. The zero-order valence-electron chi connectivity index (χ0n) is 12.0. The Balaban J connectivity index is 2.17. The van der Waals surface area contributed by atoms with Crippen molar-refractivity contribution < 1.29 is 4.79 Å². The molecule has 0 spiro atoms. The number of likely N-dealkylation sites (N-methyl/N-ethyl adjacent to an activating group) is 1. The molecule has 5 nitrogen and oxygen atoms in total. The predicted molar refractivity (Wildman–Crippen MR) is 84.5 cm³/mol. The number of aromatic nitrogens is 2. The van der Waals surface area contributed by atoms with Crippen molar-refractivity contribution in [2.75, 3.05) is 11.9 Å². The number of para-hydroxylation sites is 3. The molecule has 0 atom stereocenters. The van der Waals surface area contributed by atoms with Crippen molar-refractivity contribution in [3.8, 4) is 5.69 Å². The molecule has 0 radical (unpaired) electrons. The van der Waals surface area contributed by atoms with E-state index in [0.717, 1.165) is 0 Å². The second kappa shape index (κ2) is 4.53. The summed E-state index contributed by atoms with van der Waals surface area (Å²) in [6.07, 6.45) is 0.102. The lowest BCUT2D eigenvalue weighted by molar-refractivity contribution is -0.117. The summed E-state index contributed by atoms with van der Waals surface area (Å²) in [6, 6.07) is 14.6. The van der Waals surface area contributed by atoms with Crippen LogP contribution < -0.4 is 10.5 Å². The van der Waals surface area contributed by atoms with Gasteiger partial charge >= 0.3 is 0 Å². The van der Waals surface area contributed by atoms with Crippen LogP contribution in [0.3, 0.4) is 0 Å². The third kappa shape index (κ3) is 1.69. The maximum atomic E-state index is 12.9. The summed E-state index contributed by atoms with van der Waals surface area (Å²) in [5.41, 5.74) is 1.88. The fourth-order valence-corrected chi connectivity index (χ4v) is 2.87. The van der Waals surface area contributed by atoms with Crippen molar-refractivity contribution >= 4 is 22.5 Å². The minimum Gasteiger partial charge on any atom is -0.313 e. The van der Waals surface area contributed by atoms with Gasteiger partial charge in [0.15, 0.2) is 0 Å². The average molecular weight is 291 g/mol. The number of hydrogen-bond acceptors (Lipinski definition) is 3. The topological polar surface area (TPSA) is 55.2 Å². The third-order valence-corrected chi connectivity index (χ3v) is 4.01. The molecule has 2 aromatic carbocycles. The Morgan fingerprint density at radius 2 is 1.64 bits per heavy atom. The Hall–Kier alpha value is -2.95. The lowest BCUT2D eigenvalue weighted by Gasteiger charge is -2.17. The van der Waals surface area contributed by atoms with Crippen LogP contribution in [-0.2, 0) is 11.2 Å². The molecule has 1 aromatic heterocycles. The van der Waals surface area contributed by atoms with Gasteiger partial charge in [0.05, 0.1) is 28.7 Å². The molecule has 22 heavy (non-hydrogen) atoms. The molecule has 0 aliphatic carbocycles. The first-order chi connectivity index (χ1) is 10.7. The lowest BCUT2D eigenvalue weighted by atomic mass is 10.2. The maximum absolute atomic E-state index is 12.9. The van der Waals surface area contributed by atoms with Crippen LogP contribution in [0.4, 0.5) is 5.69 Å². The van der Waals surface area contributed by atoms with Gasteiger partial charge in [-0.1, -0.05) is 24.3 Å². The molecular weight excluding hydrogens is 278 g/mol. The number of nitrogens with zero attached hydrogens (tertiary/aromatic N) is 3. The fourth-order valence-electron chi connectivity index (χ4n) is 2.87. The van der Waals surface area contributed by atoms with Crippen molar-refractivity contribution in [3.05, 3.63) is 64.7 Å². The van der Waals surface area contributed by atoms with Gasteiger partial charge in [0.1, 0.15) is 5.82 Å². The van der Waals surface area contributed by atoms with E-state index in [4.69, 9.17) is 0 Å². The smallest absolute Gasteiger partial charge is 0.266 e. The summed E-state index contributed by atoms with van der Waals surface area (Å²) in [5, 5.41) is 0.554. The van der Waals surface area contributed by atoms with Crippen molar-refractivity contribution in [2.45, 2.75) is 6.42 Å². The minimum atomic E-state index is -0.142. The lowest BCUT2D eigenvalue weighted by Crippen LogP contribution is -2.27. The van der Waals surface area contributed by atoms with Crippen molar-refractivity contribution in [1.29, 1.82) is 0 Å². The van der Waals surface area contributed by atoms with Crippen LogP contribution in [0.25, 0.3) is 16.6 Å². The van der Waals surface area contributed by atoms with E-state index in [1.807, 2.05) is 36.4 Å². The summed E-state index contributed by atoms with van der Waals surface area (Å²) in [7, 11) is 1.72. The molecule has 1 amide bonds. The molecule has 3 aromatic rings. The number of carbonyl (C=O) groups is 1. The summed E-state index contributed by atoms with van der Waals surface area (Å²) in [4.78, 5) is 31.4. The van der Waals surface area contributed by atoms with Crippen LogP contribution in [0.5, 0.6) is 0 Å². The number of benzene rings is 2. The van der Waals surface area contributed by atoms with Crippen molar-refractivity contribution in [1.82, 2.24) is 9.55 Å². The molecule has 1 aliphatic heterocycles. The fraction of sp³-hybridized carbons (Fsp3) is 0.118. The van der Waals surface area contributed by atoms with E-state index in [1.165, 1.54) is 0 Å². The number of anilines is 1. The summed E-state index contributed by atoms with van der Waals surface area (Å²) in [6.45, 7) is 0. The highest BCUT2D eigenvalue weighted by Gasteiger charge is 2.25. The van der Waals surface area contributed by atoms with Gasteiger partial charge in [-0.15, -0.1) is 0 Å². The van der Waals surface area contributed by atoms with Gasteiger partial charge in [0.2, 0.25) is 5.91 Å². The molecule has 1 aliphatic rings. The summed E-state index contributed by atoms with van der Waals surface area (Å²) >= 11 is 0. The zero-order chi connectivity index (χ0) is 15.3. The van der Waals surface area contributed by atoms with Crippen LogP contribution in [0, 0.1) is 0 Å². The van der Waals surface area contributed by atoms with Crippen LogP contribution in [0.15, 0.2) is 53.3 Å². The molecule has 2 heterocycles. The molecule has 0 saturated carbocycles. The second-order valence-electron chi connectivity index (χ2n) is 5.30. The average Bonchev–Trinajstić information content (AvgIpc) is 2.64. The van der Waals surface area contributed by atoms with Crippen molar-refractivity contribution in [3.63, 3.8) is 0 Å². The van der Waals surface area contributed by atoms with Crippen LogP contribution in [-0.4, -0.2) is 22.5 Å². The molecule has 108 valence electrons. The highest BCUT2D eigenvalue weighted by atomic mass is 16.2. The van der Waals surface area contributed by atoms with E-state index >= 15 is 0 Å². The van der Waals surface area contributed by atoms with Crippen molar-refractivity contribution in [2.24, 2.45) is 0 Å². The Morgan fingerprint density at radius 3 is 2.45 bits per heavy atom. The number of amides is 1. The molecular formula is C17H13N3O2. The number of hydrogen-bond donors (Lipinski definition) is 0. The Bertz CT molecular complexity index is 975. The SMILES string of the molecule is CN1C(=O)Cc2nc3ccccc3c(=O)n2-c2ccccc21. The Labute approximate surface area is 126 Å². The van der Waals surface area contributed by atoms with E-state index in [1.54, 1.807) is 28.6 Å². The minimum absolute atomic E-state index is 0.0825. The number of fused-ring (bicyclic) bond motifs is 4. The molecule has 0 fully saturated rings. The standard InChI is InChI=1S/C17H13N3O2/c1-19-13-8-4-5-9-14(13)20-15(10-16(19)21)18-12-7-3-2-6-11(12)17(20)22/h2-9H,10H2,1H3. The van der Waals surface area contributed by atoms with Gasteiger partial charge in [0, 0.05) is 7.05 Å². The Kier molecular flexibility index (Phi) is 2.63. The van der Waals surface area contributed by atoms with Gasteiger partial charge in [-0.2, -0.15) is 0 Å². The highest BCUT2D eigenvalue weighted by Crippen LogP contribution is 2.27.